The Hall–Kier alpha value is -3.62. The molecule has 2 atom stereocenters. The van der Waals surface area contributed by atoms with Gasteiger partial charge in [0.1, 0.15) is 0 Å². The number of unbranched alkanes of at least 4 members (excludes halogenated alkanes) is 2. The Bertz CT molecular complexity index is 2110. The van der Waals surface area contributed by atoms with Crippen molar-refractivity contribution in [3.63, 3.8) is 0 Å². The van der Waals surface area contributed by atoms with Gasteiger partial charge in [0.05, 0.1) is 0 Å². The molecule has 2 aromatic heterocycles. The first-order valence-electron chi connectivity index (χ1n) is 19.9. The molecule has 0 amide bonds. The van der Waals surface area contributed by atoms with Crippen molar-refractivity contribution in [2.24, 2.45) is 0 Å². The van der Waals surface area contributed by atoms with Gasteiger partial charge < -0.3 is 24.8 Å². The smallest absolute Gasteiger partial charge is 1.00 e. The van der Waals surface area contributed by atoms with E-state index in [-0.39, 0.29) is 24.8 Å². The van der Waals surface area contributed by atoms with Gasteiger partial charge in [0.2, 0.25) is 0 Å². The topological polar surface area (TPSA) is 26.3 Å². The zero-order chi connectivity index (χ0) is 36.3. The molecule has 0 bridgehead atoms. The molecule has 0 fully saturated rings. The number of hydrogen-bond acceptors (Lipinski definition) is 2. The maximum Gasteiger partial charge on any atom is -1.00 e. The SMILES string of the molecule is CCCCc1ccc(-c2cccc3c2C=C(c2ccc(CC)o2)[CH]3[Zr+2][CH]2C(c3ccc(CC)o3)=Cc3c(-c4ccc(CCCC)cc4)cccc32)cc1.[Cl-].[Cl-]. The number of aryl methyl sites for hydroxylation is 4. The second-order valence-corrected chi connectivity index (χ2v) is 18.3. The number of fused-ring (bicyclic) bond motifs is 2. The van der Waals surface area contributed by atoms with Crippen LogP contribution in [0.4, 0.5) is 0 Å². The van der Waals surface area contributed by atoms with Crippen LogP contribution in [0.15, 0.2) is 118 Å². The average molecular weight is 845 g/mol. The van der Waals surface area contributed by atoms with Crippen molar-refractivity contribution in [3.05, 3.63) is 166 Å². The van der Waals surface area contributed by atoms with Gasteiger partial charge in [0.15, 0.2) is 0 Å². The minimum atomic E-state index is -1.32. The maximum atomic E-state index is 6.58. The van der Waals surface area contributed by atoms with Gasteiger partial charge in [-0.15, -0.1) is 0 Å². The third-order valence-corrected chi connectivity index (χ3v) is 15.9. The predicted octanol–water partition coefficient (Wildman–Crippen LogP) is 8.00. The Morgan fingerprint density at radius 3 is 1.27 bits per heavy atom. The summed E-state index contributed by atoms with van der Waals surface area (Å²) >= 11 is -1.32. The summed E-state index contributed by atoms with van der Waals surface area (Å²) in [6, 6.07) is 41.4. The first-order chi connectivity index (χ1) is 26.1. The molecule has 0 radical (unpaired) electrons. The molecule has 0 aliphatic heterocycles. The number of furan rings is 2. The Labute approximate surface area is 351 Å². The van der Waals surface area contributed by atoms with Crippen LogP contribution in [-0.2, 0) is 48.9 Å². The van der Waals surface area contributed by atoms with Crippen molar-refractivity contribution in [3.8, 4) is 22.3 Å². The van der Waals surface area contributed by atoms with Crippen LogP contribution in [-0.4, -0.2) is 0 Å². The zero-order valence-electron chi connectivity index (χ0n) is 32.4. The average Bonchev–Trinajstić information content (AvgIpc) is 4.02. The summed E-state index contributed by atoms with van der Waals surface area (Å²) in [6.07, 6.45) is 13.9. The number of allylic oxidation sites excluding steroid dienone is 2. The second-order valence-electron chi connectivity index (χ2n) is 14.7. The van der Waals surface area contributed by atoms with Gasteiger partial charge in [-0.25, -0.2) is 0 Å². The van der Waals surface area contributed by atoms with E-state index in [0.717, 1.165) is 48.7 Å². The van der Waals surface area contributed by atoms with E-state index in [1.54, 1.807) is 0 Å². The predicted molar refractivity (Wildman–Crippen MR) is 218 cm³/mol. The molecular formula is C50H50Cl2O2Zr. The Balaban J connectivity index is 0.00000257. The van der Waals surface area contributed by atoms with E-state index in [9.17, 15) is 0 Å². The molecule has 0 N–H and O–H groups in total. The van der Waals surface area contributed by atoms with Gasteiger partial charge in [-0.2, -0.15) is 0 Å². The summed E-state index contributed by atoms with van der Waals surface area (Å²) < 4.78 is 13.8. The van der Waals surface area contributed by atoms with Crippen LogP contribution in [0.5, 0.6) is 0 Å². The molecule has 55 heavy (non-hydrogen) atoms. The van der Waals surface area contributed by atoms with Gasteiger partial charge in [0.25, 0.3) is 0 Å². The van der Waals surface area contributed by atoms with Crippen LogP contribution < -0.4 is 24.8 Å². The normalized spacial score (nSPS) is 15.3. The molecule has 280 valence electrons. The Kier molecular flexibility index (Phi) is 13.8. The maximum absolute atomic E-state index is 6.58. The largest absolute Gasteiger partial charge is 1.00 e. The zero-order valence-corrected chi connectivity index (χ0v) is 36.4. The van der Waals surface area contributed by atoms with Crippen LogP contribution >= 0.6 is 0 Å². The quantitative estimate of drug-likeness (QED) is 0.111. The summed E-state index contributed by atoms with van der Waals surface area (Å²) in [5.74, 6) is 4.14. The molecule has 6 aromatic rings. The van der Waals surface area contributed by atoms with E-state index in [0.29, 0.717) is 7.25 Å². The number of benzene rings is 4. The molecule has 8 rings (SSSR count). The molecule has 2 unspecified atom stereocenters. The Morgan fingerprint density at radius 1 is 0.491 bits per heavy atom. The van der Waals surface area contributed by atoms with E-state index in [1.807, 2.05) is 0 Å². The van der Waals surface area contributed by atoms with Crippen LogP contribution in [0.1, 0.15) is 117 Å². The fraction of sp³-hybridized carbons (Fsp3) is 0.280. The van der Waals surface area contributed by atoms with Crippen molar-refractivity contribution in [1.29, 1.82) is 0 Å². The van der Waals surface area contributed by atoms with Gasteiger partial charge in [-0.05, 0) is 0 Å². The Morgan fingerprint density at radius 2 is 0.909 bits per heavy atom. The molecule has 2 heterocycles. The summed E-state index contributed by atoms with van der Waals surface area (Å²) in [6.45, 7) is 8.88. The third kappa shape index (κ3) is 8.42. The third-order valence-electron chi connectivity index (χ3n) is 11.2. The number of rotatable bonds is 14. The minimum absolute atomic E-state index is 0. The van der Waals surface area contributed by atoms with E-state index < -0.39 is 23.2 Å². The monoisotopic (exact) mass is 842 g/mol. The first kappa shape index (κ1) is 41.0. The first-order valence-corrected chi connectivity index (χ1v) is 22.7. The van der Waals surface area contributed by atoms with Crippen LogP contribution in [0.2, 0.25) is 0 Å². The molecule has 4 aromatic carbocycles. The van der Waals surface area contributed by atoms with Crippen LogP contribution in [0.25, 0.3) is 45.6 Å². The molecule has 2 aliphatic rings. The number of hydrogen-bond donors (Lipinski definition) is 0. The standard InChI is InChI=1S/2C25H25O.2ClH.Zr/c2*1-3-5-7-18-10-12-19(13-11-18)23-9-6-8-20-16-21(17-24(20)23)25-15-14-22(4-2)26-25;;;/h2*6,8-17H,3-5,7H2,1-2H3;2*1H;/q;;;;+2/p-2. The summed E-state index contributed by atoms with van der Waals surface area (Å²) in [5, 5.41) is 0. The number of halogens is 2. The summed E-state index contributed by atoms with van der Waals surface area (Å²) in [7, 11) is 0. The van der Waals surface area contributed by atoms with Crippen molar-refractivity contribution in [2.75, 3.05) is 0 Å². The molecular weight excluding hydrogens is 795 g/mol. The van der Waals surface area contributed by atoms with Crippen LogP contribution in [0, 0.1) is 0 Å². The molecule has 2 aliphatic carbocycles. The molecule has 0 saturated carbocycles. The summed E-state index contributed by atoms with van der Waals surface area (Å²) in [4.78, 5) is 0. The van der Waals surface area contributed by atoms with Crippen molar-refractivity contribution < 1.29 is 56.9 Å². The van der Waals surface area contributed by atoms with Gasteiger partial charge in [0, 0.05) is 0 Å². The fourth-order valence-corrected chi connectivity index (χ4v) is 13.1. The fourth-order valence-electron chi connectivity index (χ4n) is 8.17. The van der Waals surface area contributed by atoms with Gasteiger partial charge >= 0.3 is 330 Å². The van der Waals surface area contributed by atoms with Crippen molar-refractivity contribution >= 4 is 23.3 Å². The van der Waals surface area contributed by atoms with Crippen LogP contribution in [0.3, 0.4) is 0 Å². The molecule has 0 spiro atoms. The minimum Gasteiger partial charge on any atom is -1.00 e. The summed E-state index contributed by atoms with van der Waals surface area (Å²) in [5.41, 5.74) is 16.4. The molecule has 2 nitrogen and oxygen atoms in total. The van der Waals surface area contributed by atoms with E-state index in [1.165, 1.54) is 92.5 Å². The van der Waals surface area contributed by atoms with Gasteiger partial charge in [-0.1, -0.05) is 0 Å². The second kappa shape index (κ2) is 18.6. The molecule has 0 saturated heterocycles. The van der Waals surface area contributed by atoms with E-state index in [4.69, 9.17) is 8.83 Å². The van der Waals surface area contributed by atoms with E-state index >= 15 is 0 Å². The van der Waals surface area contributed by atoms with Gasteiger partial charge in [-0.3, -0.25) is 0 Å². The van der Waals surface area contributed by atoms with Crippen molar-refractivity contribution in [2.45, 2.75) is 86.3 Å². The van der Waals surface area contributed by atoms with E-state index in [2.05, 4.69) is 149 Å². The van der Waals surface area contributed by atoms with Crippen molar-refractivity contribution in [1.82, 2.24) is 0 Å². The molecule has 5 heteroatoms.